The fourth-order valence-corrected chi connectivity index (χ4v) is 2.10. The van der Waals surface area contributed by atoms with Crippen LogP contribution in [0.2, 0.25) is 0 Å². The quantitative estimate of drug-likeness (QED) is 0.619. The van der Waals surface area contributed by atoms with Crippen LogP contribution in [0.15, 0.2) is 0 Å². The van der Waals surface area contributed by atoms with Crippen molar-refractivity contribution >= 4 is 18.5 Å². The zero-order chi connectivity index (χ0) is 10.3. The van der Waals surface area contributed by atoms with Gasteiger partial charge in [-0.05, 0) is 6.92 Å². The highest BCUT2D eigenvalue weighted by atomic mass is 31.0. The molecule has 0 bridgehead atoms. The number of ether oxygens (including phenoxy) is 2. The fraction of sp³-hybridized carbons (Fsp3) is 1.00. The normalized spacial score (nSPS) is 51.2. The highest BCUT2D eigenvalue weighted by Crippen LogP contribution is 2.44. The largest absolute Gasteiger partial charge is 0.382 e. The van der Waals surface area contributed by atoms with Crippen molar-refractivity contribution in [1.82, 2.24) is 0 Å². The molecular formula is C7H18N2O2P2. The highest BCUT2D eigenvalue weighted by molar-refractivity contribution is 7.25. The maximum absolute atomic E-state index is 6.09. The van der Waals surface area contributed by atoms with E-state index in [9.17, 15) is 0 Å². The molecular weight excluding hydrogens is 206 g/mol. The molecule has 13 heavy (non-hydrogen) atoms. The maximum atomic E-state index is 6.09. The van der Waals surface area contributed by atoms with E-state index in [2.05, 4.69) is 18.5 Å². The van der Waals surface area contributed by atoms with E-state index in [1.807, 2.05) is 6.92 Å². The average molecular weight is 224 g/mol. The molecule has 1 aliphatic rings. The van der Waals surface area contributed by atoms with Crippen molar-refractivity contribution < 1.29 is 9.47 Å². The van der Waals surface area contributed by atoms with Gasteiger partial charge in [-0.3, -0.25) is 0 Å². The van der Waals surface area contributed by atoms with Crippen molar-refractivity contribution in [2.24, 2.45) is 11.5 Å². The Morgan fingerprint density at radius 2 is 1.92 bits per heavy atom. The summed E-state index contributed by atoms with van der Waals surface area (Å²) in [5.74, 6) is 0. The second-order valence-corrected chi connectivity index (χ2v) is 5.50. The van der Waals surface area contributed by atoms with Gasteiger partial charge in [0.1, 0.15) is 6.10 Å². The third-order valence-corrected chi connectivity index (χ3v) is 4.82. The van der Waals surface area contributed by atoms with Gasteiger partial charge in [-0.1, -0.05) is 0 Å². The Balaban J connectivity index is 2.84. The monoisotopic (exact) mass is 224 g/mol. The maximum Gasteiger partial charge on any atom is 0.105 e. The number of hydrogen-bond donors (Lipinski definition) is 2. The molecule has 6 unspecified atom stereocenters. The molecule has 6 heteroatoms. The van der Waals surface area contributed by atoms with Crippen LogP contribution in [-0.2, 0) is 9.47 Å². The van der Waals surface area contributed by atoms with E-state index in [0.29, 0.717) is 6.61 Å². The van der Waals surface area contributed by atoms with Crippen LogP contribution in [0.1, 0.15) is 6.92 Å². The summed E-state index contributed by atoms with van der Waals surface area (Å²) in [7, 11) is 6.75. The van der Waals surface area contributed by atoms with Crippen molar-refractivity contribution in [3.8, 4) is 0 Å². The van der Waals surface area contributed by atoms with Crippen molar-refractivity contribution in [3.63, 3.8) is 0 Å². The van der Waals surface area contributed by atoms with Gasteiger partial charge >= 0.3 is 0 Å². The van der Waals surface area contributed by atoms with E-state index in [1.54, 1.807) is 7.11 Å². The lowest BCUT2D eigenvalue weighted by Gasteiger charge is -2.36. The van der Waals surface area contributed by atoms with Crippen LogP contribution in [0, 0.1) is 0 Å². The molecule has 0 amide bonds. The van der Waals surface area contributed by atoms with Gasteiger partial charge in [0.15, 0.2) is 0 Å². The van der Waals surface area contributed by atoms with Crippen molar-refractivity contribution in [2.45, 2.75) is 29.7 Å². The number of nitrogens with two attached hydrogens (primary N) is 2. The molecule has 0 aromatic rings. The minimum absolute atomic E-state index is 0.0971. The van der Waals surface area contributed by atoms with E-state index in [-0.39, 0.29) is 12.2 Å². The second kappa shape index (κ2) is 3.69. The van der Waals surface area contributed by atoms with Crippen LogP contribution >= 0.6 is 18.5 Å². The van der Waals surface area contributed by atoms with Gasteiger partial charge in [0.2, 0.25) is 0 Å². The highest BCUT2D eigenvalue weighted by Gasteiger charge is 2.56. The Kier molecular flexibility index (Phi) is 3.34. The molecule has 0 radical (unpaired) electrons. The molecule has 0 aromatic carbocycles. The van der Waals surface area contributed by atoms with Crippen LogP contribution in [0.25, 0.3) is 0 Å². The lowest BCUT2D eigenvalue weighted by molar-refractivity contribution is -0.00349. The van der Waals surface area contributed by atoms with Crippen molar-refractivity contribution in [2.75, 3.05) is 13.7 Å². The first-order valence-electron chi connectivity index (χ1n) is 4.14. The molecule has 1 aliphatic heterocycles. The number of hydrogen-bond acceptors (Lipinski definition) is 4. The first-order chi connectivity index (χ1) is 5.84. The second-order valence-electron chi connectivity index (χ2n) is 3.59. The minimum atomic E-state index is -0.660. The molecule has 78 valence electrons. The summed E-state index contributed by atoms with van der Waals surface area (Å²) >= 11 is 0. The molecule has 4 N–H and O–H groups in total. The van der Waals surface area contributed by atoms with Crippen LogP contribution in [-0.4, -0.2) is 36.5 Å². The smallest absolute Gasteiger partial charge is 0.105 e. The molecule has 0 saturated carbocycles. The Morgan fingerprint density at radius 3 is 2.23 bits per heavy atom. The summed E-state index contributed by atoms with van der Waals surface area (Å²) in [6.07, 6.45) is -0.278. The van der Waals surface area contributed by atoms with Crippen LogP contribution in [0.4, 0.5) is 0 Å². The molecule has 0 aliphatic carbocycles. The molecule has 1 heterocycles. The zero-order valence-electron chi connectivity index (χ0n) is 7.99. The topological polar surface area (TPSA) is 70.5 Å². The third-order valence-electron chi connectivity index (χ3n) is 2.64. The molecule has 4 nitrogen and oxygen atoms in total. The minimum Gasteiger partial charge on any atom is -0.382 e. The van der Waals surface area contributed by atoms with Crippen molar-refractivity contribution in [1.29, 1.82) is 0 Å². The third kappa shape index (κ3) is 1.77. The van der Waals surface area contributed by atoms with Crippen molar-refractivity contribution in [3.05, 3.63) is 0 Å². The summed E-state index contributed by atoms with van der Waals surface area (Å²) in [6, 6.07) is 0. The van der Waals surface area contributed by atoms with E-state index in [4.69, 9.17) is 20.9 Å². The first kappa shape index (κ1) is 11.8. The van der Waals surface area contributed by atoms with Gasteiger partial charge in [-0.25, -0.2) is 0 Å². The predicted octanol–water partition coefficient (Wildman–Crippen LogP) is -0.520. The SMILES string of the molecule is COCC1OC(C)C(N)(P)C1(N)P. The van der Waals surface area contributed by atoms with Gasteiger partial charge in [0, 0.05) is 7.11 Å². The van der Waals surface area contributed by atoms with Crippen LogP contribution in [0.3, 0.4) is 0 Å². The number of methoxy groups -OCH3 is 1. The molecule has 1 fully saturated rings. The lowest BCUT2D eigenvalue weighted by Crippen LogP contribution is -2.62. The first-order valence-corrected chi connectivity index (χ1v) is 5.29. The van der Waals surface area contributed by atoms with Crippen LogP contribution in [0.5, 0.6) is 0 Å². The molecule has 0 aromatic heterocycles. The summed E-state index contributed by atoms with van der Waals surface area (Å²) in [5.41, 5.74) is 12.1. The van der Waals surface area contributed by atoms with Gasteiger partial charge in [-0.2, -0.15) is 0 Å². The van der Waals surface area contributed by atoms with Gasteiger partial charge in [0.05, 0.1) is 23.3 Å². The standard InChI is InChI=1S/C7H18N2O2P2/c1-4-6(8,12)7(9,13)5(11-4)3-10-2/h4-5H,3,8-9,12-13H2,1-2H3. The molecule has 1 saturated heterocycles. The van der Waals surface area contributed by atoms with Gasteiger partial charge < -0.3 is 20.9 Å². The summed E-state index contributed by atoms with van der Waals surface area (Å²) < 4.78 is 10.6. The molecule has 1 rings (SSSR count). The Morgan fingerprint density at radius 1 is 1.38 bits per heavy atom. The van der Waals surface area contributed by atoms with E-state index in [1.165, 1.54) is 0 Å². The Labute approximate surface area is 83.5 Å². The summed E-state index contributed by atoms with van der Waals surface area (Å²) in [6.45, 7) is 2.37. The lowest BCUT2D eigenvalue weighted by atomic mass is 10.0. The predicted molar refractivity (Wildman–Crippen MR) is 59.5 cm³/mol. The molecule has 0 spiro atoms. The van der Waals surface area contributed by atoms with Gasteiger partial charge in [0.25, 0.3) is 0 Å². The Bertz CT molecular complexity index is 199. The van der Waals surface area contributed by atoms with Gasteiger partial charge in [-0.15, -0.1) is 18.5 Å². The van der Waals surface area contributed by atoms with E-state index in [0.717, 1.165) is 0 Å². The molecule has 6 atom stereocenters. The average Bonchev–Trinajstić information content (AvgIpc) is 2.14. The van der Waals surface area contributed by atoms with Crippen LogP contribution < -0.4 is 11.5 Å². The van der Waals surface area contributed by atoms with E-state index >= 15 is 0 Å². The summed E-state index contributed by atoms with van der Waals surface area (Å²) in [4.78, 5) is 0. The Hall–Kier alpha value is 0.700. The zero-order valence-corrected chi connectivity index (χ0v) is 10.3. The summed E-state index contributed by atoms with van der Waals surface area (Å²) in [5, 5.41) is -1.28. The fourth-order valence-electron chi connectivity index (χ4n) is 1.43. The van der Waals surface area contributed by atoms with E-state index < -0.39 is 10.6 Å². The number of rotatable bonds is 2.